The molecule has 0 saturated heterocycles. The van der Waals surface area contributed by atoms with Crippen molar-refractivity contribution >= 4 is 104 Å². The van der Waals surface area contributed by atoms with Crippen LogP contribution in [0.25, 0.3) is 0 Å². The van der Waals surface area contributed by atoms with Crippen LogP contribution in [0.2, 0.25) is 0 Å². The molecule has 0 aliphatic carbocycles. The fourth-order valence-corrected chi connectivity index (χ4v) is 0. The molecule has 29 heteroatoms. The van der Waals surface area contributed by atoms with Gasteiger partial charge >= 0.3 is 103 Å². The molecule has 0 aliphatic rings. The number of hydrogen-bond acceptors (Lipinski definition) is 20. The summed E-state index contributed by atoms with van der Waals surface area (Å²) in [4.78, 5) is 0. The number of hydrogen-bond donors (Lipinski definition) is 0. The van der Waals surface area contributed by atoms with Crippen molar-refractivity contribution in [2.75, 3.05) is 0 Å². The van der Waals surface area contributed by atoms with E-state index < -0.39 is 52.0 Å². The zero-order valence-electron chi connectivity index (χ0n) is 12.9. The van der Waals surface area contributed by atoms with Crippen LogP contribution in [0.1, 0.15) is 0 Å². The van der Waals surface area contributed by atoms with Gasteiger partial charge in [0.25, 0.3) is 0 Å². The van der Waals surface area contributed by atoms with Crippen LogP contribution in [0.4, 0.5) is 0 Å². The van der Waals surface area contributed by atoms with Crippen molar-refractivity contribution in [3.63, 3.8) is 0 Å². The molecular weight excluding hydrogens is 600 g/mol. The SMILES string of the molecule is O=S(=O)([O-])[O-].O=S(=O)([O-])[O-].O=S(=O)([O-])[O-].O=S(=O)([O-])[O-].O=S(=O)([O-])[O-].[Al+3].[Al+3].[Al+3].[K+]. The third kappa shape index (κ3) is 3740. The van der Waals surface area contributed by atoms with Crippen LogP contribution in [-0.4, -0.2) is 140 Å². The van der Waals surface area contributed by atoms with E-state index >= 15 is 0 Å². The molecule has 0 aromatic heterocycles. The second kappa shape index (κ2) is 25.2. The van der Waals surface area contributed by atoms with Gasteiger partial charge < -0.3 is 45.5 Å². The van der Waals surface area contributed by atoms with Crippen LogP contribution >= 0.6 is 0 Å². The minimum Gasteiger partial charge on any atom is -0.759 e. The summed E-state index contributed by atoms with van der Waals surface area (Å²) in [7, 11) is -25.8. The van der Waals surface area contributed by atoms with Gasteiger partial charge in [0.05, 0.1) is 0 Å². The van der Waals surface area contributed by atoms with Crippen molar-refractivity contribution in [3.8, 4) is 0 Å². The Morgan fingerprint density at radius 1 is 0.276 bits per heavy atom. The Balaban J connectivity index is -0.0000000238. The first kappa shape index (κ1) is 57.9. The maximum absolute atomic E-state index is 8.52. The standard InChI is InChI=1S/3Al.K.5H2O4S/c;;;;5*1-5(2,3)4/h;;;;5*(H2,1,2,3,4)/q3*+3;+1;;;;;/p-10. The van der Waals surface area contributed by atoms with Gasteiger partial charge in [-0.3, -0.25) is 42.1 Å². The maximum atomic E-state index is 8.52. The van der Waals surface area contributed by atoms with E-state index in [-0.39, 0.29) is 103 Å². The second-order valence-electron chi connectivity index (χ2n) is 2.04. The Labute approximate surface area is 239 Å². The molecule has 0 rings (SSSR count). The van der Waals surface area contributed by atoms with E-state index in [9.17, 15) is 0 Å². The third-order valence-corrected chi connectivity index (χ3v) is 0. The van der Waals surface area contributed by atoms with Crippen molar-refractivity contribution in [1.82, 2.24) is 0 Å². The van der Waals surface area contributed by atoms with Gasteiger partial charge in [0.1, 0.15) is 0 Å². The first-order valence-corrected chi connectivity index (χ1v) is 10.0. The zero-order valence-corrected chi connectivity index (χ0v) is 23.6. The fraction of sp³-hybridized carbons (Fsp3) is 0. The maximum Gasteiger partial charge on any atom is 3.00 e. The average Bonchev–Trinajstić information content (AvgIpc) is 1.79. The predicted octanol–water partition coefficient (Wildman–Crippen LogP) is -10.8. The summed E-state index contributed by atoms with van der Waals surface area (Å²) in [6, 6.07) is 0. The van der Waals surface area contributed by atoms with Crippen LogP contribution in [0.3, 0.4) is 0 Å². The molecule has 0 heterocycles. The Morgan fingerprint density at radius 2 is 0.276 bits per heavy atom. The summed E-state index contributed by atoms with van der Waals surface area (Å²) in [5.74, 6) is 0. The predicted molar refractivity (Wildman–Crippen MR) is 69.6 cm³/mol. The topological polar surface area (TPSA) is 401 Å². The van der Waals surface area contributed by atoms with E-state index in [2.05, 4.69) is 0 Å². The van der Waals surface area contributed by atoms with Gasteiger partial charge in [0.2, 0.25) is 0 Å². The van der Waals surface area contributed by atoms with Crippen molar-refractivity contribution in [1.29, 1.82) is 0 Å². The van der Waals surface area contributed by atoms with Crippen LogP contribution in [-0.2, 0) is 52.0 Å². The molecule has 160 valence electrons. The molecule has 0 aliphatic heterocycles. The molecule has 0 atom stereocenters. The van der Waals surface area contributed by atoms with Gasteiger partial charge in [-0.05, 0) is 0 Å². The number of rotatable bonds is 0. The van der Waals surface area contributed by atoms with Crippen LogP contribution in [0, 0.1) is 0 Å². The van der Waals surface area contributed by atoms with Gasteiger partial charge in [-0.15, -0.1) is 0 Å². The minimum absolute atomic E-state index is 0. The molecule has 0 spiro atoms. The van der Waals surface area contributed by atoms with Crippen molar-refractivity contribution in [2.45, 2.75) is 0 Å². The summed E-state index contributed by atoms with van der Waals surface area (Å²) < 4.78 is 170. The molecule has 0 amide bonds. The zero-order chi connectivity index (χ0) is 22.5. The first-order chi connectivity index (χ1) is 10.0. The van der Waals surface area contributed by atoms with Crippen molar-refractivity contribution < 1.29 is 139 Å². The average molecular weight is 600 g/mol. The van der Waals surface area contributed by atoms with E-state index in [0.717, 1.165) is 0 Å². The van der Waals surface area contributed by atoms with Gasteiger partial charge in [-0.2, -0.15) is 0 Å². The first-order valence-electron chi connectivity index (χ1n) is 3.33. The summed E-state index contributed by atoms with van der Waals surface area (Å²) in [6.45, 7) is 0. The molecule has 0 radical (unpaired) electrons. The molecule has 0 unspecified atom stereocenters. The van der Waals surface area contributed by atoms with E-state index in [1.807, 2.05) is 0 Å². The molecule has 20 nitrogen and oxygen atoms in total. The molecular formula is Al3KO20S5. The van der Waals surface area contributed by atoms with E-state index in [1.165, 1.54) is 0 Å². The smallest absolute Gasteiger partial charge is 0.759 e. The quantitative estimate of drug-likeness (QED) is 0.141. The Morgan fingerprint density at radius 3 is 0.276 bits per heavy atom. The largest absolute Gasteiger partial charge is 3.00 e. The monoisotopic (exact) mass is 600 g/mol. The molecule has 0 aromatic rings. The Hall–Kier alpha value is 2.58. The van der Waals surface area contributed by atoms with Crippen LogP contribution in [0.15, 0.2) is 0 Å². The molecule has 29 heavy (non-hydrogen) atoms. The minimum atomic E-state index is -5.17. The van der Waals surface area contributed by atoms with Gasteiger partial charge in [0, 0.05) is 52.0 Å². The second-order valence-corrected chi connectivity index (χ2v) is 6.12. The Bertz CT molecular complexity index is 628. The van der Waals surface area contributed by atoms with E-state index in [1.54, 1.807) is 0 Å². The molecule has 0 aromatic carbocycles. The fourth-order valence-electron chi connectivity index (χ4n) is 0. The van der Waals surface area contributed by atoms with Gasteiger partial charge in [-0.1, -0.05) is 0 Å². The van der Waals surface area contributed by atoms with Crippen LogP contribution in [0.5, 0.6) is 0 Å². The molecule has 0 bridgehead atoms. The van der Waals surface area contributed by atoms with Crippen molar-refractivity contribution in [3.05, 3.63) is 0 Å². The van der Waals surface area contributed by atoms with E-state index in [0.29, 0.717) is 0 Å². The summed E-state index contributed by atoms with van der Waals surface area (Å²) in [6.07, 6.45) is 0. The molecule has 0 saturated carbocycles. The normalized spacial score (nSPS) is 10.0. The van der Waals surface area contributed by atoms with Gasteiger partial charge in [0.15, 0.2) is 0 Å². The third-order valence-electron chi connectivity index (χ3n) is 0. The van der Waals surface area contributed by atoms with E-state index in [4.69, 9.17) is 87.6 Å². The van der Waals surface area contributed by atoms with Crippen molar-refractivity contribution in [2.24, 2.45) is 0 Å². The van der Waals surface area contributed by atoms with Gasteiger partial charge in [-0.25, -0.2) is 0 Å². The van der Waals surface area contributed by atoms with Crippen LogP contribution < -0.4 is 51.4 Å². The summed E-state index contributed by atoms with van der Waals surface area (Å²) >= 11 is 0. The molecule has 0 N–H and O–H groups in total. The summed E-state index contributed by atoms with van der Waals surface area (Å²) in [5, 5.41) is 0. The Kier molecular flexibility index (Phi) is 50.4. The summed E-state index contributed by atoms with van der Waals surface area (Å²) in [5.41, 5.74) is 0. The molecule has 0 fully saturated rings.